The number of rotatable bonds is 4. The molecule has 2 aromatic rings. The third-order valence-electron chi connectivity index (χ3n) is 4.94. The summed E-state index contributed by atoms with van der Waals surface area (Å²) in [5.41, 5.74) is 2.41. The molecule has 5 nitrogen and oxygen atoms in total. The van der Waals surface area contributed by atoms with Gasteiger partial charge in [-0.15, -0.1) is 0 Å². The Balaban J connectivity index is 1.31. The molecule has 1 unspecified atom stereocenters. The molecule has 1 atom stereocenters. The summed E-state index contributed by atoms with van der Waals surface area (Å²) in [4.78, 5) is 26.5. The van der Waals surface area contributed by atoms with Crippen molar-refractivity contribution in [3.05, 3.63) is 64.2 Å². The predicted molar refractivity (Wildman–Crippen MR) is 101 cm³/mol. The summed E-state index contributed by atoms with van der Waals surface area (Å²) >= 11 is 5.97. The van der Waals surface area contributed by atoms with Gasteiger partial charge in [0.15, 0.2) is 6.10 Å². The average molecular weight is 386 g/mol. The van der Waals surface area contributed by atoms with Crippen molar-refractivity contribution in [1.29, 1.82) is 0 Å². The van der Waals surface area contributed by atoms with Crippen LogP contribution in [0.25, 0.3) is 0 Å². The first-order valence-electron chi connectivity index (χ1n) is 9.10. The van der Waals surface area contributed by atoms with Gasteiger partial charge in [-0.05, 0) is 54.3 Å². The lowest BCUT2D eigenvalue weighted by atomic mass is 10.1. The number of carbonyl (C=O) groups is 2. The fraction of sp³-hybridized carbons (Fsp3) is 0.333. The molecule has 2 aromatic carbocycles. The van der Waals surface area contributed by atoms with E-state index >= 15 is 0 Å². The molecule has 1 saturated heterocycles. The maximum atomic E-state index is 12.3. The van der Waals surface area contributed by atoms with Crippen LogP contribution in [0.3, 0.4) is 0 Å². The zero-order valence-corrected chi connectivity index (χ0v) is 15.6. The van der Waals surface area contributed by atoms with Gasteiger partial charge < -0.3 is 14.4 Å². The van der Waals surface area contributed by atoms with Gasteiger partial charge in [0, 0.05) is 30.1 Å². The molecule has 0 spiro atoms. The monoisotopic (exact) mass is 385 g/mol. The first-order chi connectivity index (χ1) is 13.1. The Morgan fingerprint density at radius 3 is 2.59 bits per heavy atom. The molecule has 140 valence electrons. The second kappa shape index (κ2) is 7.61. The average Bonchev–Trinajstić information content (AvgIpc) is 3.35. The van der Waals surface area contributed by atoms with E-state index in [4.69, 9.17) is 21.1 Å². The van der Waals surface area contributed by atoms with E-state index in [1.165, 1.54) is 0 Å². The molecule has 2 heterocycles. The molecule has 1 fully saturated rings. The quantitative estimate of drug-likeness (QED) is 0.754. The van der Waals surface area contributed by atoms with Gasteiger partial charge in [0.05, 0.1) is 0 Å². The molecule has 0 saturated carbocycles. The first-order valence-corrected chi connectivity index (χ1v) is 9.48. The van der Waals surface area contributed by atoms with E-state index in [0.29, 0.717) is 22.8 Å². The van der Waals surface area contributed by atoms with Gasteiger partial charge in [-0.2, -0.15) is 0 Å². The lowest BCUT2D eigenvalue weighted by Crippen LogP contribution is -2.28. The van der Waals surface area contributed by atoms with Crippen LogP contribution in [0.15, 0.2) is 42.5 Å². The fourth-order valence-corrected chi connectivity index (χ4v) is 3.64. The largest absolute Gasteiger partial charge is 0.478 e. The van der Waals surface area contributed by atoms with Crippen LogP contribution < -0.4 is 4.74 Å². The van der Waals surface area contributed by atoms with Crippen LogP contribution in [0.1, 0.15) is 34.3 Å². The van der Waals surface area contributed by atoms with Crippen LogP contribution in [0, 0.1) is 0 Å². The van der Waals surface area contributed by atoms with Crippen molar-refractivity contribution < 1.29 is 19.1 Å². The summed E-state index contributed by atoms with van der Waals surface area (Å²) in [6.45, 7) is 1.80. The third kappa shape index (κ3) is 3.93. The van der Waals surface area contributed by atoms with Crippen molar-refractivity contribution in [2.45, 2.75) is 32.0 Å². The van der Waals surface area contributed by atoms with Gasteiger partial charge in [0.25, 0.3) is 5.91 Å². The molecular weight excluding hydrogens is 366 g/mol. The minimum Gasteiger partial charge on any atom is -0.478 e. The van der Waals surface area contributed by atoms with Crippen LogP contribution in [-0.2, 0) is 22.6 Å². The molecule has 1 amide bonds. The van der Waals surface area contributed by atoms with Crippen LogP contribution >= 0.6 is 11.6 Å². The van der Waals surface area contributed by atoms with Gasteiger partial charge in [-0.1, -0.05) is 23.7 Å². The highest BCUT2D eigenvalue weighted by Gasteiger charge is 2.30. The van der Waals surface area contributed by atoms with E-state index in [-0.39, 0.29) is 12.5 Å². The summed E-state index contributed by atoms with van der Waals surface area (Å²) in [7, 11) is 0. The number of benzene rings is 2. The highest BCUT2D eigenvalue weighted by Crippen LogP contribution is 2.31. The van der Waals surface area contributed by atoms with Crippen molar-refractivity contribution in [2.24, 2.45) is 0 Å². The topological polar surface area (TPSA) is 55.8 Å². The second-order valence-electron chi connectivity index (χ2n) is 6.87. The zero-order valence-electron chi connectivity index (χ0n) is 14.8. The number of hydrogen-bond acceptors (Lipinski definition) is 4. The molecule has 6 heteroatoms. The van der Waals surface area contributed by atoms with Crippen LogP contribution in [0.2, 0.25) is 5.02 Å². The Labute approximate surface area is 162 Å². The summed E-state index contributed by atoms with van der Waals surface area (Å²) in [5, 5.41) is 0.620. The number of esters is 1. The number of halogens is 1. The van der Waals surface area contributed by atoms with E-state index in [9.17, 15) is 9.59 Å². The number of carbonyl (C=O) groups excluding carboxylic acids is 2. The maximum absolute atomic E-state index is 12.3. The summed E-state index contributed by atoms with van der Waals surface area (Å²) in [6.07, 6.45) is 1.95. The number of likely N-dealkylation sites (tertiary alicyclic amines) is 1. The Morgan fingerprint density at radius 1 is 1.11 bits per heavy atom. The van der Waals surface area contributed by atoms with Crippen LogP contribution in [0.5, 0.6) is 5.75 Å². The van der Waals surface area contributed by atoms with Gasteiger partial charge in [-0.3, -0.25) is 4.79 Å². The Hall–Kier alpha value is -2.53. The lowest BCUT2D eigenvalue weighted by Gasteiger charge is -2.15. The summed E-state index contributed by atoms with van der Waals surface area (Å²) in [6, 6.07) is 12.5. The number of nitrogens with zero attached hydrogens (tertiary/aromatic N) is 1. The minimum absolute atomic E-state index is 0.0619. The van der Waals surface area contributed by atoms with Crippen molar-refractivity contribution in [1.82, 2.24) is 4.90 Å². The highest BCUT2D eigenvalue weighted by atomic mass is 35.5. The molecule has 27 heavy (non-hydrogen) atoms. The highest BCUT2D eigenvalue weighted by molar-refractivity contribution is 6.30. The SMILES string of the molecule is O=C(OCc1ccc(C(=O)N2CCCC2)cc1)C1Cc2cc(Cl)ccc2O1. The van der Waals surface area contributed by atoms with E-state index in [1.54, 1.807) is 30.3 Å². The van der Waals surface area contributed by atoms with E-state index in [1.807, 2.05) is 17.0 Å². The Bertz CT molecular complexity index is 859. The summed E-state index contributed by atoms with van der Waals surface area (Å²) < 4.78 is 11.0. The molecule has 0 aromatic heterocycles. The molecule has 0 radical (unpaired) electrons. The van der Waals surface area contributed by atoms with Gasteiger partial charge >= 0.3 is 5.97 Å². The lowest BCUT2D eigenvalue weighted by molar-refractivity contribution is -0.152. The molecule has 0 N–H and O–H groups in total. The normalized spacial score (nSPS) is 18.1. The molecule has 2 aliphatic heterocycles. The van der Waals surface area contributed by atoms with Gasteiger partial charge in [0.1, 0.15) is 12.4 Å². The number of amides is 1. The number of ether oxygens (including phenoxy) is 2. The van der Waals surface area contributed by atoms with Gasteiger partial charge in [-0.25, -0.2) is 4.79 Å². The predicted octanol–water partition coefficient (Wildman–Crippen LogP) is 3.62. The minimum atomic E-state index is -0.644. The van der Waals surface area contributed by atoms with Crippen LogP contribution in [-0.4, -0.2) is 36.0 Å². The Kier molecular flexibility index (Phi) is 5.03. The molecule has 0 aliphatic carbocycles. The second-order valence-corrected chi connectivity index (χ2v) is 7.30. The molecular formula is C21H20ClNO4. The van der Waals surface area contributed by atoms with Crippen molar-refractivity contribution >= 4 is 23.5 Å². The fourth-order valence-electron chi connectivity index (χ4n) is 3.44. The Morgan fingerprint density at radius 2 is 1.85 bits per heavy atom. The molecule has 0 bridgehead atoms. The first kappa shape index (κ1) is 17.9. The standard InChI is InChI=1S/C21H20ClNO4/c22-17-7-8-18-16(11-17)12-19(27-18)21(25)26-13-14-3-5-15(6-4-14)20(24)23-9-1-2-10-23/h3-8,11,19H,1-2,9-10,12-13H2. The maximum Gasteiger partial charge on any atom is 0.348 e. The third-order valence-corrected chi connectivity index (χ3v) is 5.17. The van der Waals surface area contributed by atoms with Gasteiger partial charge in [0.2, 0.25) is 0 Å². The molecule has 2 aliphatic rings. The number of fused-ring (bicyclic) bond motifs is 1. The van der Waals surface area contributed by atoms with E-state index < -0.39 is 12.1 Å². The molecule has 4 rings (SSSR count). The smallest absolute Gasteiger partial charge is 0.348 e. The van der Waals surface area contributed by atoms with Crippen molar-refractivity contribution in [3.8, 4) is 5.75 Å². The summed E-state index contributed by atoms with van der Waals surface area (Å²) in [5.74, 6) is 0.331. The van der Waals surface area contributed by atoms with E-state index in [0.717, 1.165) is 37.1 Å². The van der Waals surface area contributed by atoms with E-state index in [2.05, 4.69) is 0 Å². The zero-order chi connectivity index (χ0) is 18.8. The van der Waals surface area contributed by atoms with Crippen molar-refractivity contribution in [2.75, 3.05) is 13.1 Å². The number of hydrogen-bond donors (Lipinski definition) is 0. The van der Waals surface area contributed by atoms with Crippen LogP contribution in [0.4, 0.5) is 0 Å². The van der Waals surface area contributed by atoms with Crippen molar-refractivity contribution in [3.63, 3.8) is 0 Å².